The normalized spacial score (nSPS) is 11.5. The largest absolute Gasteiger partial charge is 0.345 e. The molecule has 8 heteroatoms. The lowest BCUT2D eigenvalue weighted by Gasteiger charge is -2.16. The quantitative estimate of drug-likeness (QED) is 0.691. The lowest BCUT2D eigenvalue weighted by molar-refractivity contribution is 0.0827. The van der Waals surface area contributed by atoms with Gasteiger partial charge in [-0.25, -0.2) is 0 Å². The van der Waals surface area contributed by atoms with Crippen LogP contribution >= 0.6 is 0 Å². The number of benzene rings is 1. The third-order valence-electron chi connectivity index (χ3n) is 4.21. The number of rotatable bonds is 4. The molecule has 3 rings (SSSR count). The van der Waals surface area contributed by atoms with Crippen LogP contribution in [0.15, 0.2) is 47.4 Å². The second-order valence-electron chi connectivity index (χ2n) is 7.80. The minimum absolute atomic E-state index is 0.137. The van der Waals surface area contributed by atoms with E-state index >= 15 is 0 Å². The van der Waals surface area contributed by atoms with Gasteiger partial charge in [0.2, 0.25) is 0 Å². The lowest BCUT2D eigenvalue weighted by Crippen LogP contribution is -2.28. The zero-order chi connectivity index (χ0) is 20.5. The van der Waals surface area contributed by atoms with Gasteiger partial charge in [-0.2, -0.15) is 4.80 Å². The molecular formula is C20H24N6O2. The summed E-state index contributed by atoms with van der Waals surface area (Å²) in [5, 5.41) is 12.4. The van der Waals surface area contributed by atoms with E-state index < -0.39 is 0 Å². The van der Waals surface area contributed by atoms with Crippen molar-refractivity contribution >= 4 is 5.91 Å². The fourth-order valence-corrected chi connectivity index (χ4v) is 2.71. The van der Waals surface area contributed by atoms with Crippen molar-refractivity contribution in [3.05, 3.63) is 64.3 Å². The number of amides is 1. The van der Waals surface area contributed by atoms with E-state index in [2.05, 4.69) is 15.4 Å². The van der Waals surface area contributed by atoms with Gasteiger partial charge in [-0.1, -0.05) is 30.3 Å². The lowest BCUT2D eigenvalue weighted by atomic mass is 10.0. The number of pyridine rings is 1. The first-order valence-electron chi connectivity index (χ1n) is 8.98. The van der Waals surface area contributed by atoms with Gasteiger partial charge in [0.25, 0.3) is 11.5 Å². The Hall–Kier alpha value is -3.29. The third-order valence-corrected chi connectivity index (χ3v) is 4.21. The van der Waals surface area contributed by atoms with E-state index in [9.17, 15) is 9.59 Å². The van der Waals surface area contributed by atoms with Gasteiger partial charge in [0.05, 0.1) is 17.6 Å². The molecule has 0 aliphatic heterocycles. The molecule has 0 saturated heterocycles. The summed E-state index contributed by atoms with van der Waals surface area (Å²) >= 11 is 0. The van der Waals surface area contributed by atoms with Gasteiger partial charge in [-0.3, -0.25) is 9.59 Å². The summed E-state index contributed by atoms with van der Waals surface area (Å²) in [4.78, 5) is 28.5. The predicted octanol–water partition coefficient (Wildman–Crippen LogP) is 2.01. The summed E-state index contributed by atoms with van der Waals surface area (Å²) in [5.74, 6) is 0.228. The smallest absolute Gasteiger partial charge is 0.255 e. The highest BCUT2D eigenvalue weighted by Gasteiger charge is 2.20. The molecule has 0 atom stereocenters. The van der Waals surface area contributed by atoms with Crippen molar-refractivity contribution in [3.8, 4) is 11.1 Å². The number of carbonyl (C=O) groups excluding carboxylic acids is 1. The monoisotopic (exact) mass is 380 g/mol. The molecule has 0 saturated carbocycles. The van der Waals surface area contributed by atoms with Crippen LogP contribution in [0.25, 0.3) is 11.1 Å². The second kappa shape index (κ2) is 7.38. The predicted molar refractivity (Wildman–Crippen MR) is 106 cm³/mol. The van der Waals surface area contributed by atoms with Gasteiger partial charge in [0, 0.05) is 31.9 Å². The first kappa shape index (κ1) is 19.5. The summed E-state index contributed by atoms with van der Waals surface area (Å²) in [6, 6.07) is 10.9. The van der Waals surface area contributed by atoms with E-state index in [1.807, 2.05) is 51.1 Å². The SMILES string of the molecule is CN(C)C(=O)c1cn(Cc2nnn(C(C)(C)C)n2)c(=O)cc1-c1ccccc1. The summed E-state index contributed by atoms with van der Waals surface area (Å²) in [7, 11) is 3.37. The average Bonchev–Trinajstić information content (AvgIpc) is 3.12. The number of hydrogen-bond acceptors (Lipinski definition) is 5. The molecule has 0 aliphatic carbocycles. The fourth-order valence-electron chi connectivity index (χ4n) is 2.71. The second-order valence-corrected chi connectivity index (χ2v) is 7.80. The number of tetrazole rings is 1. The van der Waals surface area contributed by atoms with E-state index in [0.29, 0.717) is 17.0 Å². The van der Waals surface area contributed by atoms with Crippen LogP contribution in [0, 0.1) is 0 Å². The highest BCUT2D eigenvalue weighted by molar-refractivity contribution is 6.00. The molecule has 0 radical (unpaired) electrons. The van der Waals surface area contributed by atoms with Crippen molar-refractivity contribution in [1.82, 2.24) is 29.7 Å². The minimum atomic E-state index is -0.306. The van der Waals surface area contributed by atoms with Crippen LogP contribution < -0.4 is 5.56 Å². The Bertz CT molecular complexity index is 1040. The van der Waals surface area contributed by atoms with Crippen LogP contribution in [-0.4, -0.2) is 49.7 Å². The van der Waals surface area contributed by atoms with Crippen LogP contribution in [0.4, 0.5) is 0 Å². The van der Waals surface area contributed by atoms with Crippen LogP contribution in [0.1, 0.15) is 37.0 Å². The van der Waals surface area contributed by atoms with Crippen LogP contribution in [0.5, 0.6) is 0 Å². The molecule has 1 aromatic carbocycles. The van der Waals surface area contributed by atoms with E-state index in [4.69, 9.17) is 0 Å². The molecule has 146 valence electrons. The molecule has 0 spiro atoms. The topological polar surface area (TPSA) is 85.9 Å². The molecule has 8 nitrogen and oxygen atoms in total. The van der Waals surface area contributed by atoms with Gasteiger partial charge < -0.3 is 9.47 Å². The zero-order valence-corrected chi connectivity index (χ0v) is 16.7. The number of hydrogen-bond donors (Lipinski definition) is 0. The molecule has 0 unspecified atom stereocenters. The van der Waals surface area contributed by atoms with Crippen molar-refractivity contribution in [1.29, 1.82) is 0 Å². The average molecular weight is 380 g/mol. The molecule has 0 bridgehead atoms. The minimum Gasteiger partial charge on any atom is -0.345 e. The van der Waals surface area contributed by atoms with E-state index in [-0.39, 0.29) is 23.6 Å². The summed E-state index contributed by atoms with van der Waals surface area (Å²) in [6.07, 6.45) is 1.57. The summed E-state index contributed by atoms with van der Waals surface area (Å²) in [5.41, 5.74) is 1.32. The van der Waals surface area contributed by atoms with Crippen molar-refractivity contribution < 1.29 is 4.79 Å². The standard InChI is InChI=1S/C20H24N6O2/c1-20(2,3)26-22-17(21-23-26)13-25-12-16(19(28)24(4)5)15(11-18(25)27)14-9-7-6-8-10-14/h6-12H,13H2,1-5H3. The van der Waals surface area contributed by atoms with Gasteiger partial charge in [0.1, 0.15) is 0 Å². The van der Waals surface area contributed by atoms with Gasteiger partial charge in [-0.05, 0) is 31.5 Å². The Balaban J connectivity index is 2.06. The van der Waals surface area contributed by atoms with Crippen molar-refractivity contribution in [2.75, 3.05) is 14.1 Å². The zero-order valence-electron chi connectivity index (χ0n) is 16.7. The third kappa shape index (κ3) is 4.00. The van der Waals surface area contributed by atoms with Crippen LogP contribution in [0.3, 0.4) is 0 Å². The van der Waals surface area contributed by atoms with E-state index in [0.717, 1.165) is 5.56 Å². The van der Waals surface area contributed by atoms with Crippen molar-refractivity contribution in [2.24, 2.45) is 0 Å². The van der Waals surface area contributed by atoms with Gasteiger partial charge in [-0.15, -0.1) is 10.2 Å². The molecule has 0 N–H and O–H groups in total. The maximum Gasteiger partial charge on any atom is 0.255 e. The highest BCUT2D eigenvalue weighted by atomic mass is 16.2. The van der Waals surface area contributed by atoms with Gasteiger partial charge in [0.15, 0.2) is 5.82 Å². The Morgan fingerprint density at radius 3 is 2.39 bits per heavy atom. The number of nitrogens with zero attached hydrogens (tertiary/aromatic N) is 6. The molecule has 28 heavy (non-hydrogen) atoms. The first-order valence-corrected chi connectivity index (χ1v) is 8.98. The summed E-state index contributed by atoms with van der Waals surface area (Å²) in [6.45, 7) is 6.03. The first-order chi connectivity index (χ1) is 13.2. The number of aromatic nitrogens is 5. The Morgan fingerprint density at radius 2 is 1.82 bits per heavy atom. The molecule has 3 aromatic rings. The molecule has 0 aliphatic rings. The van der Waals surface area contributed by atoms with E-state index in [1.165, 1.54) is 20.3 Å². The van der Waals surface area contributed by atoms with Crippen LogP contribution in [0.2, 0.25) is 0 Å². The van der Waals surface area contributed by atoms with Gasteiger partial charge >= 0.3 is 0 Å². The molecule has 1 amide bonds. The Morgan fingerprint density at radius 1 is 1.14 bits per heavy atom. The summed E-state index contributed by atoms with van der Waals surface area (Å²) < 4.78 is 1.44. The molecular weight excluding hydrogens is 356 g/mol. The Kier molecular flexibility index (Phi) is 5.13. The van der Waals surface area contributed by atoms with Crippen molar-refractivity contribution in [3.63, 3.8) is 0 Å². The number of carbonyl (C=O) groups is 1. The molecule has 2 heterocycles. The Labute approximate surface area is 163 Å². The maximum atomic E-state index is 12.8. The highest BCUT2D eigenvalue weighted by Crippen LogP contribution is 2.23. The van der Waals surface area contributed by atoms with Crippen LogP contribution in [-0.2, 0) is 12.1 Å². The van der Waals surface area contributed by atoms with E-state index in [1.54, 1.807) is 20.3 Å². The van der Waals surface area contributed by atoms with Crippen molar-refractivity contribution in [2.45, 2.75) is 32.9 Å². The molecule has 2 aromatic heterocycles. The maximum absolute atomic E-state index is 12.8. The fraction of sp³-hybridized carbons (Fsp3) is 0.350. The molecule has 0 fully saturated rings.